The molecule has 0 aromatic carbocycles. The lowest BCUT2D eigenvalue weighted by Crippen LogP contribution is -2.51. The average molecular weight is 850 g/mol. The Balaban J connectivity index is 1.62. The Hall–Kier alpha value is -2.97. The molecule has 0 saturated heterocycles. The van der Waals surface area contributed by atoms with Crippen molar-refractivity contribution in [2.24, 2.45) is 5.41 Å². The quantitative estimate of drug-likeness (QED) is 0.107. The maximum atomic E-state index is 14.1. The smallest absolute Gasteiger partial charge is 0.291 e. The Morgan fingerprint density at radius 1 is 1.00 bits per heavy atom. The molecule has 2 bridgehead atoms. The van der Waals surface area contributed by atoms with Crippen molar-refractivity contribution < 1.29 is 28.6 Å². The number of imidazole rings is 1. The molecule has 0 fully saturated rings. The second-order valence-electron chi connectivity index (χ2n) is 21.4. The highest BCUT2D eigenvalue weighted by molar-refractivity contribution is 6.76. The Bertz CT molecular complexity index is 2180. The predicted molar refractivity (Wildman–Crippen MR) is 243 cm³/mol. The van der Waals surface area contributed by atoms with E-state index in [-0.39, 0.29) is 40.2 Å². The Morgan fingerprint density at radius 2 is 1.66 bits per heavy atom. The van der Waals surface area contributed by atoms with Crippen LogP contribution in [0.1, 0.15) is 114 Å². The Morgan fingerprint density at radius 3 is 2.24 bits per heavy atom. The fraction of sp³-hybridized carbons (Fsp3) is 0.644. The molecule has 3 aliphatic rings. The summed E-state index contributed by atoms with van der Waals surface area (Å²) in [6, 6.07) is 6.61. The number of rotatable bonds is 15. The van der Waals surface area contributed by atoms with Crippen molar-refractivity contribution >= 4 is 47.4 Å². The number of allylic oxidation sites excluding steroid dienone is 2. The average Bonchev–Trinajstić information content (AvgIpc) is 3.67. The van der Waals surface area contributed by atoms with Crippen molar-refractivity contribution in [3.8, 4) is 6.07 Å². The summed E-state index contributed by atoms with van der Waals surface area (Å²) in [6.07, 6.45) is 10.9. The van der Waals surface area contributed by atoms with Gasteiger partial charge >= 0.3 is 0 Å². The standard InChI is InChI=1S/C45H71N5O5Si3/c1-41(2,3)57(12,13)53-30-44-22-23-45(55-44,31-54-58(14,15)42(4,5)6)27-34(26-44)36-16-17-37(38(48-36)33-18-20-43(7,8)21-19-33)49-40(51)39-47-29-35(28-46)50(39)32-52-24-25-56(9,10)11/h16-18,22-23,26,29H,19-21,24-25,27,30-32H2,1-15H3,(H,49,51)/i30D2,31D2. The molecule has 5 rings (SSSR count). The van der Waals surface area contributed by atoms with E-state index >= 15 is 0 Å². The van der Waals surface area contributed by atoms with E-state index in [0.717, 1.165) is 24.5 Å². The predicted octanol–water partition coefficient (Wildman–Crippen LogP) is 11.2. The van der Waals surface area contributed by atoms with E-state index in [4.69, 9.17) is 23.3 Å². The van der Waals surface area contributed by atoms with Gasteiger partial charge in [0.05, 0.1) is 41.9 Å². The van der Waals surface area contributed by atoms with Crippen molar-refractivity contribution in [1.82, 2.24) is 14.5 Å². The summed E-state index contributed by atoms with van der Waals surface area (Å²) >= 11 is 0. The van der Waals surface area contributed by atoms with Gasteiger partial charge in [0.2, 0.25) is 5.82 Å². The van der Waals surface area contributed by atoms with Crippen molar-refractivity contribution in [2.75, 3.05) is 25.0 Å². The van der Waals surface area contributed by atoms with Gasteiger partial charge in [-0.25, -0.2) is 9.97 Å². The van der Waals surface area contributed by atoms with Gasteiger partial charge in [0.25, 0.3) is 5.91 Å². The van der Waals surface area contributed by atoms with Crippen molar-refractivity contribution in [3.63, 3.8) is 0 Å². The van der Waals surface area contributed by atoms with E-state index in [0.29, 0.717) is 35.7 Å². The highest BCUT2D eigenvalue weighted by Crippen LogP contribution is 2.49. The van der Waals surface area contributed by atoms with Crippen LogP contribution in [0, 0.1) is 16.7 Å². The number of nitriles is 1. The van der Waals surface area contributed by atoms with Crippen molar-refractivity contribution in [3.05, 3.63) is 65.5 Å². The third-order valence-electron chi connectivity index (χ3n) is 12.5. The number of nitrogens with one attached hydrogen (secondary N) is 1. The third-order valence-corrected chi connectivity index (χ3v) is 22.6. The summed E-state index contributed by atoms with van der Waals surface area (Å²) in [6.45, 7) is 27.2. The lowest BCUT2D eigenvalue weighted by molar-refractivity contribution is -0.105. The zero-order valence-corrected chi connectivity index (χ0v) is 40.8. The molecule has 0 radical (unpaired) electrons. The SMILES string of the molecule is [2H]C([2H])(O[Si](C)(C)C(C)(C)C)C12C=CC(C([2H])([2H])O[Si](C)(C)C(C)(C)C)(CC(c3ccc(NC(=O)c4ncc(C#N)n4COCC[Si](C)(C)C)c(C4=CCC(C)(C)CC4)n3)=C1)O2. The van der Waals surface area contributed by atoms with Crippen LogP contribution in [0.15, 0.2) is 42.6 Å². The van der Waals surface area contributed by atoms with Gasteiger partial charge in [-0.15, -0.1) is 0 Å². The number of pyridine rings is 1. The molecule has 4 heterocycles. The van der Waals surface area contributed by atoms with Crippen LogP contribution in [-0.4, -0.2) is 76.1 Å². The molecule has 10 nitrogen and oxygen atoms in total. The largest absolute Gasteiger partial charge is 0.414 e. The first kappa shape index (κ1) is 40.4. The molecular formula is C45H71N5O5Si3. The van der Waals surface area contributed by atoms with E-state index in [1.807, 2.05) is 67.7 Å². The highest BCUT2D eigenvalue weighted by Gasteiger charge is 2.51. The van der Waals surface area contributed by atoms with E-state index in [9.17, 15) is 15.5 Å². The van der Waals surface area contributed by atoms with Gasteiger partial charge in [-0.3, -0.25) is 9.36 Å². The molecule has 13 heteroatoms. The maximum Gasteiger partial charge on any atom is 0.291 e. The van der Waals surface area contributed by atoms with Crippen LogP contribution in [0.5, 0.6) is 0 Å². The molecule has 1 N–H and O–H groups in total. The monoisotopic (exact) mass is 850 g/mol. The molecule has 58 heavy (non-hydrogen) atoms. The second kappa shape index (κ2) is 16.5. The fourth-order valence-electron chi connectivity index (χ4n) is 6.23. The number of amides is 1. The van der Waals surface area contributed by atoms with E-state index in [1.54, 1.807) is 30.4 Å². The summed E-state index contributed by atoms with van der Waals surface area (Å²) in [4.78, 5) is 23.7. The van der Waals surface area contributed by atoms with Gasteiger partial charge in [0.1, 0.15) is 29.7 Å². The van der Waals surface area contributed by atoms with Crippen LogP contribution in [0.4, 0.5) is 5.69 Å². The molecule has 2 aromatic heterocycles. The molecule has 2 unspecified atom stereocenters. The molecule has 1 amide bonds. The summed E-state index contributed by atoms with van der Waals surface area (Å²) in [5, 5.41) is 12.3. The summed E-state index contributed by atoms with van der Waals surface area (Å²) in [7, 11) is -6.86. The molecule has 2 aliphatic heterocycles. The second-order valence-corrected chi connectivity index (χ2v) is 36.5. The Labute approximate surface area is 357 Å². The maximum absolute atomic E-state index is 14.1. The van der Waals surface area contributed by atoms with Crippen LogP contribution in [0.3, 0.4) is 0 Å². The van der Waals surface area contributed by atoms with E-state index in [1.165, 1.54) is 10.8 Å². The fourth-order valence-corrected chi connectivity index (χ4v) is 8.44. The molecule has 318 valence electrons. The van der Waals surface area contributed by atoms with Gasteiger partial charge < -0.3 is 23.6 Å². The third kappa shape index (κ3) is 10.7. The number of fused-ring (bicyclic) bond motifs is 2. The first-order valence-electron chi connectivity index (χ1n) is 22.7. The number of aromatic nitrogens is 3. The summed E-state index contributed by atoms with van der Waals surface area (Å²) < 4.78 is 65.7. The first-order valence-corrected chi connectivity index (χ1v) is 30.2. The summed E-state index contributed by atoms with van der Waals surface area (Å²) in [5.74, 6) is -0.486. The molecular weight excluding hydrogens is 775 g/mol. The Kier molecular flexibility index (Phi) is 11.5. The summed E-state index contributed by atoms with van der Waals surface area (Å²) in [5.41, 5.74) is -0.271. The number of anilines is 1. The van der Waals surface area contributed by atoms with Gasteiger partial charge in [-0.2, -0.15) is 5.26 Å². The van der Waals surface area contributed by atoms with Gasteiger partial charge in [-0.05, 0) is 102 Å². The minimum Gasteiger partial charge on any atom is -0.414 e. The zero-order chi connectivity index (χ0) is 46.8. The number of carbonyl (C=O) groups is 1. The van der Waals surface area contributed by atoms with E-state index < -0.39 is 54.9 Å². The zero-order valence-electron chi connectivity index (χ0n) is 41.8. The molecule has 2 aromatic rings. The van der Waals surface area contributed by atoms with Crippen LogP contribution < -0.4 is 5.32 Å². The number of carbonyl (C=O) groups excluding carboxylic acids is 1. The molecule has 2 atom stereocenters. The lowest BCUT2D eigenvalue weighted by Gasteiger charge is -2.44. The van der Waals surface area contributed by atoms with Crippen LogP contribution in [-0.2, 0) is 25.1 Å². The lowest BCUT2D eigenvalue weighted by atomic mass is 9.77. The minimum atomic E-state index is -2.75. The van der Waals surface area contributed by atoms with Gasteiger partial charge in [0, 0.05) is 21.1 Å². The highest BCUT2D eigenvalue weighted by atomic mass is 28.4. The number of hydrogen-bond acceptors (Lipinski definition) is 8. The minimum absolute atomic E-state index is 0.000651. The van der Waals surface area contributed by atoms with Crippen LogP contribution in [0.2, 0.25) is 61.9 Å². The van der Waals surface area contributed by atoms with Crippen molar-refractivity contribution in [1.29, 1.82) is 5.26 Å². The first-order chi connectivity index (χ1) is 28.1. The van der Waals surface area contributed by atoms with Crippen LogP contribution in [0.25, 0.3) is 11.1 Å². The van der Waals surface area contributed by atoms with Crippen LogP contribution >= 0.6 is 0 Å². The van der Waals surface area contributed by atoms with E-state index in [2.05, 4.69) is 55.9 Å². The number of hydrogen-bond donors (Lipinski definition) is 1. The van der Waals surface area contributed by atoms with Gasteiger partial charge in [0.15, 0.2) is 16.6 Å². The normalized spacial score (nSPS) is 23.9. The topological polar surface area (TPSA) is 121 Å². The molecule has 0 spiro atoms. The number of ether oxygens (including phenoxy) is 2. The van der Waals surface area contributed by atoms with Gasteiger partial charge in [-0.1, -0.05) is 87.2 Å². The number of nitrogens with zero attached hydrogens (tertiary/aromatic N) is 4. The molecule has 0 saturated carbocycles. The molecule has 1 aliphatic carbocycles. The van der Waals surface area contributed by atoms with Crippen molar-refractivity contribution in [2.45, 2.75) is 161 Å².